The minimum absolute atomic E-state index is 0. The van der Waals surface area contributed by atoms with Crippen LogP contribution < -0.4 is 4.84 Å². The van der Waals surface area contributed by atoms with Crippen LogP contribution >= 0.6 is 12.4 Å². The first kappa shape index (κ1) is 20.0. The number of hydrogen-bond acceptors (Lipinski definition) is 4. The summed E-state index contributed by atoms with van der Waals surface area (Å²) in [5.74, 6) is 0.317. The number of carbonyl (C=O) groups excluding carboxylic acids is 1. The van der Waals surface area contributed by atoms with E-state index < -0.39 is 0 Å². The quantitative estimate of drug-likeness (QED) is 0.471. The summed E-state index contributed by atoms with van der Waals surface area (Å²) in [7, 11) is 0. The second kappa shape index (κ2) is 8.57. The predicted octanol–water partition coefficient (Wildman–Crippen LogP) is 3.84. The number of carbonyl (C=O) groups is 1. The Labute approximate surface area is 176 Å². The Morgan fingerprint density at radius 2 is 1.62 bits per heavy atom. The number of aromatic nitrogens is 1. The molecule has 152 valence electrons. The van der Waals surface area contributed by atoms with Crippen LogP contribution in [0, 0.1) is 5.92 Å². The lowest BCUT2D eigenvalue weighted by Gasteiger charge is -2.41. The van der Waals surface area contributed by atoms with Crippen molar-refractivity contribution in [1.29, 1.82) is 0 Å². The molecule has 6 heteroatoms. The third-order valence-corrected chi connectivity index (χ3v) is 5.93. The molecule has 0 spiro atoms. The number of hydrogen-bond donors (Lipinski definition) is 0. The standard InChI is InChI=1S/C23H24N2O3.ClH/c26-23(16-27-14-11-18-15-24-12-9-17(18)10-13-24)28-25-21-7-3-1-5-19(21)20-6-2-4-8-22(20)25;/h1-8,11,17H,9-10,12-16H2;1H. The summed E-state index contributed by atoms with van der Waals surface area (Å²) in [6.45, 7) is 3.89. The predicted molar refractivity (Wildman–Crippen MR) is 116 cm³/mol. The molecule has 3 aliphatic rings. The van der Waals surface area contributed by atoms with Gasteiger partial charge in [-0.25, -0.2) is 4.79 Å². The molecule has 3 aromatic rings. The molecule has 4 heterocycles. The summed E-state index contributed by atoms with van der Waals surface area (Å²) in [5.41, 5.74) is 3.23. The number of piperidine rings is 3. The first-order chi connectivity index (χ1) is 13.8. The first-order valence-electron chi connectivity index (χ1n) is 9.98. The van der Waals surface area contributed by atoms with Crippen LogP contribution in [-0.2, 0) is 9.53 Å². The molecule has 29 heavy (non-hydrogen) atoms. The monoisotopic (exact) mass is 412 g/mol. The molecule has 0 N–H and O–H groups in total. The Morgan fingerprint density at radius 3 is 2.21 bits per heavy atom. The van der Waals surface area contributed by atoms with E-state index >= 15 is 0 Å². The highest BCUT2D eigenvalue weighted by Crippen LogP contribution is 2.31. The maximum Gasteiger partial charge on any atom is 0.358 e. The average molecular weight is 413 g/mol. The van der Waals surface area contributed by atoms with Gasteiger partial charge in [-0.05, 0) is 44.0 Å². The van der Waals surface area contributed by atoms with Gasteiger partial charge in [0, 0.05) is 17.3 Å². The van der Waals surface area contributed by atoms with Crippen molar-refractivity contribution < 1.29 is 14.4 Å². The van der Waals surface area contributed by atoms with Gasteiger partial charge in [-0.1, -0.05) is 48.0 Å². The molecule has 1 aromatic heterocycles. The lowest BCUT2D eigenvalue weighted by atomic mass is 9.84. The molecule has 3 saturated heterocycles. The lowest BCUT2D eigenvalue weighted by molar-refractivity contribution is -0.148. The van der Waals surface area contributed by atoms with Gasteiger partial charge in [0.25, 0.3) is 0 Å². The highest BCUT2D eigenvalue weighted by molar-refractivity contribution is 6.07. The minimum Gasteiger partial charge on any atom is -0.366 e. The van der Waals surface area contributed by atoms with Crippen LogP contribution in [0.1, 0.15) is 12.8 Å². The number of benzene rings is 2. The number of rotatable bonds is 5. The van der Waals surface area contributed by atoms with Gasteiger partial charge in [0.05, 0.1) is 17.6 Å². The normalized spacial score (nSPS) is 22.1. The fraction of sp³-hybridized carbons (Fsp3) is 0.348. The fourth-order valence-electron chi connectivity index (χ4n) is 4.50. The second-order valence-electron chi connectivity index (χ2n) is 7.64. The van der Waals surface area contributed by atoms with Crippen molar-refractivity contribution >= 4 is 40.2 Å². The second-order valence-corrected chi connectivity index (χ2v) is 7.64. The van der Waals surface area contributed by atoms with Crippen LogP contribution in [0.25, 0.3) is 21.8 Å². The van der Waals surface area contributed by atoms with E-state index in [2.05, 4.69) is 11.0 Å². The highest BCUT2D eigenvalue weighted by atomic mass is 35.5. The molecular formula is C23H25ClN2O3. The number of nitrogens with zero attached hydrogens (tertiary/aromatic N) is 2. The number of ether oxygens (including phenoxy) is 1. The SMILES string of the molecule is Cl.O=C(COCC=C1CN2CCC1CC2)On1c2ccccc2c2ccccc21. The minimum atomic E-state index is -0.390. The zero-order valence-corrected chi connectivity index (χ0v) is 17.1. The van der Waals surface area contributed by atoms with E-state index in [-0.39, 0.29) is 25.0 Å². The molecule has 2 aromatic carbocycles. The summed E-state index contributed by atoms with van der Waals surface area (Å²) in [6, 6.07) is 15.9. The van der Waals surface area contributed by atoms with Gasteiger partial charge in [0.2, 0.25) is 0 Å². The summed E-state index contributed by atoms with van der Waals surface area (Å²) < 4.78 is 7.21. The van der Waals surface area contributed by atoms with Crippen LogP contribution in [0.5, 0.6) is 0 Å². The van der Waals surface area contributed by atoms with Crippen LogP contribution in [0.4, 0.5) is 0 Å². The van der Waals surface area contributed by atoms with Crippen LogP contribution in [0.2, 0.25) is 0 Å². The van der Waals surface area contributed by atoms with Crippen molar-refractivity contribution in [3.63, 3.8) is 0 Å². The van der Waals surface area contributed by atoms with Gasteiger partial charge in [0.1, 0.15) is 6.61 Å². The van der Waals surface area contributed by atoms with Crippen LogP contribution in [0.3, 0.4) is 0 Å². The summed E-state index contributed by atoms with van der Waals surface area (Å²) in [5, 5.41) is 2.14. The molecule has 6 rings (SSSR count). The van der Waals surface area contributed by atoms with Crippen molar-refractivity contribution in [2.24, 2.45) is 5.92 Å². The fourth-order valence-corrected chi connectivity index (χ4v) is 4.50. The topological polar surface area (TPSA) is 43.7 Å². The van der Waals surface area contributed by atoms with E-state index in [4.69, 9.17) is 9.57 Å². The number of halogens is 1. The van der Waals surface area contributed by atoms with Crippen LogP contribution in [-0.4, -0.2) is 48.4 Å². The Balaban J connectivity index is 0.00000205. The first-order valence-corrected chi connectivity index (χ1v) is 9.98. The van der Waals surface area contributed by atoms with Gasteiger partial charge < -0.3 is 9.57 Å². The zero-order chi connectivity index (χ0) is 18.9. The Morgan fingerprint density at radius 1 is 1.00 bits per heavy atom. The van der Waals surface area contributed by atoms with Gasteiger partial charge in [-0.3, -0.25) is 4.90 Å². The smallest absolute Gasteiger partial charge is 0.358 e. The van der Waals surface area contributed by atoms with Crippen molar-refractivity contribution in [3.8, 4) is 0 Å². The van der Waals surface area contributed by atoms with Gasteiger partial charge in [-0.2, -0.15) is 4.73 Å². The van der Waals surface area contributed by atoms with Crippen molar-refractivity contribution in [3.05, 3.63) is 60.2 Å². The Kier molecular flexibility index (Phi) is 5.90. The summed E-state index contributed by atoms with van der Waals surface area (Å²) in [4.78, 5) is 20.5. The number of para-hydroxylation sites is 2. The van der Waals surface area contributed by atoms with E-state index in [9.17, 15) is 4.79 Å². The molecular weight excluding hydrogens is 388 g/mol. The molecule has 0 atom stereocenters. The average Bonchev–Trinajstić information content (AvgIpc) is 3.06. The maximum atomic E-state index is 12.4. The molecule has 3 aliphatic heterocycles. The molecule has 2 bridgehead atoms. The van der Waals surface area contributed by atoms with E-state index in [1.54, 1.807) is 4.73 Å². The van der Waals surface area contributed by atoms with Crippen molar-refractivity contribution in [2.75, 3.05) is 32.8 Å². The Hall–Kier alpha value is -2.34. The highest BCUT2D eigenvalue weighted by Gasteiger charge is 2.28. The van der Waals surface area contributed by atoms with Crippen molar-refractivity contribution in [2.45, 2.75) is 12.8 Å². The summed E-state index contributed by atoms with van der Waals surface area (Å²) >= 11 is 0. The number of fused-ring (bicyclic) bond motifs is 6. The third-order valence-electron chi connectivity index (χ3n) is 5.93. The Bertz CT molecular complexity index is 997. The summed E-state index contributed by atoms with van der Waals surface area (Å²) in [6.07, 6.45) is 4.66. The largest absolute Gasteiger partial charge is 0.366 e. The van der Waals surface area contributed by atoms with Crippen LogP contribution in [0.15, 0.2) is 60.2 Å². The molecule has 0 amide bonds. The van der Waals surface area contributed by atoms with Crippen molar-refractivity contribution in [1.82, 2.24) is 9.63 Å². The van der Waals surface area contributed by atoms with E-state index in [1.165, 1.54) is 31.5 Å². The maximum absolute atomic E-state index is 12.4. The van der Waals surface area contributed by atoms with Gasteiger partial charge >= 0.3 is 5.97 Å². The molecule has 0 unspecified atom stereocenters. The molecule has 0 aliphatic carbocycles. The van der Waals surface area contributed by atoms with E-state index in [0.29, 0.717) is 12.5 Å². The molecule has 3 fully saturated rings. The molecule has 0 saturated carbocycles. The molecule has 0 radical (unpaired) electrons. The zero-order valence-electron chi connectivity index (χ0n) is 16.3. The molecule has 5 nitrogen and oxygen atoms in total. The lowest BCUT2D eigenvalue weighted by Crippen LogP contribution is -2.43. The van der Waals surface area contributed by atoms with E-state index in [0.717, 1.165) is 28.4 Å². The van der Waals surface area contributed by atoms with Gasteiger partial charge in [-0.15, -0.1) is 12.4 Å². The van der Waals surface area contributed by atoms with Gasteiger partial charge in [0.15, 0.2) is 0 Å². The third kappa shape index (κ3) is 3.90. The van der Waals surface area contributed by atoms with E-state index in [1.807, 2.05) is 48.5 Å².